The van der Waals surface area contributed by atoms with Crippen LogP contribution in [0.1, 0.15) is 47.1 Å². The molecule has 0 saturated heterocycles. The number of hydrogen-bond acceptors (Lipinski definition) is 4. The Kier molecular flexibility index (Phi) is 7.52. The number of anilines is 1. The first-order chi connectivity index (χ1) is 18.9. The van der Waals surface area contributed by atoms with Crippen molar-refractivity contribution in [1.82, 2.24) is 24.4 Å². The van der Waals surface area contributed by atoms with Crippen LogP contribution in [0.3, 0.4) is 0 Å². The largest absolute Gasteiger partial charge is 0.433 e. The van der Waals surface area contributed by atoms with E-state index in [2.05, 4.69) is 20.5 Å². The molecule has 2 aromatic carbocycles. The minimum absolute atomic E-state index is 0.00347. The van der Waals surface area contributed by atoms with Crippen LogP contribution in [-0.4, -0.2) is 30.3 Å². The van der Waals surface area contributed by atoms with Gasteiger partial charge in [-0.15, -0.1) is 0 Å². The molecule has 5 rings (SSSR count). The molecular formula is C27H20Cl3F3N6O. The van der Waals surface area contributed by atoms with Crippen molar-refractivity contribution in [3.63, 3.8) is 0 Å². The number of aromatic nitrogens is 5. The Morgan fingerprint density at radius 2 is 1.70 bits per heavy atom. The third kappa shape index (κ3) is 5.79. The zero-order valence-corrected chi connectivity index (χ0v) is 23.2. The van der Waals surface area contributed by atoms with Crippen LogP contribution in [0.4, 0.5) is 19.0 Å². The molecule has 1 N–H and O–H groups in total. The van der Waals surface area contributed by atoms with E-state index in [0.717, 1.165) is 11.6 Å². The van der Waals surface area contributed by atoms with E-state index in [9.17, 15) is 18.0 Å². The number of alkyl halides is 3. The standard InChI is InChI=1S/C27H20Cl3F3N6O/c1-14(2)15-3-5-16(6-4-15)21-10-23(27(31,32)33)39-24(34-21)11-22(36-39)26(40)35-25-20(30)13-38(37-25)12-17-7-8-18(28)9-19(17)29/h3-11,13-14H,12H2,1-2H3,(H,35,37,40). The van der Waals surface area contributed by atoms with E-state index in [-0.39, 0.29) is 40.3 Å². The van der Waals surface area contributed by atoms with Gasteiger partial charge in [-0.2, -0.15) is 23.4 Å². The monoisotopic (exact) mass is 606 g/mol. The number of carbonyl (C=O) groups excluding carboxylic acids is 1. The summed E-state index contributed by atoms with van der Waals surface area (Å²) in [5, 5.41) is 11.7. The van der Waals surface area contributed by atoms with Crippen LogP contribution in [-0.2, 0) is 12.7 Å². The van der Waals surface area contributed by atoms with Gasteiger partial charge in [-0.3, -0.25) is 9.48 Å². The van der Waals surface area contributed by atoms with Crippen LogP contribution < -0.4 is 5.32 Å². The summed E-state index contributed by atoms with van der Waals surface area (Å²) in [5.41, 5.74) is 0.855. The minimum atomic E-state index is -4.75. The molecule has 0 saturated carbocycles. The molecular weight excluding hydrogens is 588 g/mol. The number of amides is 1. The molecule has 3 heterocycles. The molecule has 0 aliphatic carbocycles. The van der Waals surface area contributed by atoms with E-state index in [4.69, 9.17) is 34.8 Å². The van der Waals surface area contributed by atoms with E-state index >= 15 is 0 Å². The lowest BCUT2D eigenvalue weighted by Gasteiger charge is -2.11. The van der Waals surface area contributed by atoms with Crippen molar-refractivity contribution < 1.29 is 18.0 Å². The molecule has 1 amide bonds. The van der Waals surface area contributed by atoms with E-state index in [1.807, 2.05) is 26.0 Å². The number of nitrogens with zero attached hydrogens (tertiary/aromatic N) is 5. The Labute approximate surface area is 241 Å². The molecule has 5 aromatic rings. The van der Waals surface area contributed by atoms with Gasteiger partial charge in [0.2, 0.25) is 0 Å². The maximum absolute atomic E-state index is 14.0. The number of hydrogen-bond donors (Lipinski definition) is 1. The molecule has 0 aliphatic rings. The first-order valence-corrected chi connectivity index (χ1v) is 13.1. The zero-order valence-electron chi connectivity index (χ0n) is 21.0. The third-order valence-corrected chi connectivity index (χ3v) is 6.98. The molecule has 0 radical (unpaired) electrons. The summed E-state index contributed by atoms with van der Waals surface area (Å²) in [7, 11) is 0. The first kappa shape index (κ1) is 27.9. The average molecular weight is 608 g/mol. The van der Waals surface area contributed by atoms with Gasteiger partial charge in [-0.25, -0.2) is 9.50 Å². The quantitative estimate of drug-likeness (QED) is 0.212. The van der Waals surface area contributed by atoms with Gasteiger partial charge < -0.3 is 5.32 Å². The lowest BCUT2D eigenvalue weighted by Crippen LogP contribution is -2.16. The summed E-state index contributed by atoms with van der Waals surface area (Å²) >= 11 is 18.4. The minimum Gasteiger partial charge on any atom is -0.302 e. The fourth-order valence-electron chi connectivity index (χ4n) is 4.03. The Morgan fingerprint density at radius 3 is 2.35 bits per heavy atom. The van der Waals surface area contributed by atoms with Crippen LogP contribution in [0.2, 0.25) is 15.1 Å². The molecule has 13 heteroatoms. The summed E-state index contributed by atoms with van der Waals surface area (Å²) in [6.07, 6.45) is -3.27. The molecule has 0 bridgehead atoms. The van der Waals surface area contributed by atoms with Gasteiger partial charge >= 0.3 is 6.18 Å². The highest BCUT2D eigenvalue weighted by atomic mass is 35.5. The van der Waals surface area contributed by atoms with E-state index in [1.165, 1.54) is 16.9 Å². The van der Waals surface area contributed by atoms with E-state index in [1.54, 1.807) is 30.3 Å². The van der Waals surface area contributed by atoms with Crippen molar-refractivity contribution in [2.45, 2.75) is 32.5 Å². The second kappa shape index (κ2) is 10.8. The molecule has 40 heavy (non-hydrogen) atoms. The van der Waals surface area contributed by atoms with E-state index < -0.39 is 17.8 Å². The van der Waals surface area contributed by atoms with E-state index in [0.29, 0.717) is 25.7 Å². The number of carbonyl (C=O) groups is 1. The number of halogens is 6. The highest BCUT2D eigenvalue weighted by Gasteiger charge is 2.35. The highest BCUT2D eigenvalue weighted by Crippen LogP contribution is 2.33. The van der Waals surface area contributed by atoms with Crippen molar-refractivity contribution in [3.05, 3.63) is 98.4 Å². The van der Waals surface area contributed by atoms with Crippen molar-refractivity contribution in [3.8, 4) is 11.3 Å². The first-order valence-electron chi connectivity index (χ1n) is 12.0. The SMILES string of the molecule is CC(C)c1ccc(-c2cc(C(F)(F)F)n3nc(C(=O)Nc4nn(Cc5ccc(Cl)cc5Cl)cc4Cl)cc3n2)cc1. The molecule has 0 spiro atoms. The number of fused-ring (bicyclic) bond motifs is 1. The average Bonchev–Trinajstić information content (AvgIpc) is 3.47. The molecule has 0 fully saturated rings. The number of benzene rings is 2. The molecule has 0 aliphatic heterocycles. The Bertz CT molecular complexity index is 1730. The van der Waals surface area contributed by atoms with Crippen LogP contribution in [0.5, 0.6) is 0 Å². The summed E-state index contributed by atoms with van der Waals surface area (Å²) < 4.78 is 44.0. The summed E-state index contributed by atoms with van der Waals surface area (Å²) in [4.78, 5) is 17.3. The Balaban J connectivity index is 1.44. The summed E-state index contributed by atoms with van der Waals surface area (Å²) in [6.45, 7) is 4.28. The van der Waals surface area contributed by atoms with Gasteiger partial charge in [0.25, 0.3) is 5.91 Å². The van der Waals surface area contributed by atoms with Gasteiger partial charge in [0, 0.05) is 27.9 Å². The normalized spacial score (nSPS) is 11.9. The smallest absolute Gasteiger partial charge is 0.302 e. The van der Waals surface area contributed by atoms with Crippen molar-refractivity contribution in [2.24, 2.45) is 0 Å². The van der Waals surface area contributed by atoms with Crippen molar-refractivity contribution in [2.75, 3.05) is 5.32 Å². The fraction of sp³-hybridized carbons (Fsp3) is 0.185. The Morgan fingerprint density at radius 1 is 0.975 bits per heavy atom. The third-order valence-electron chi connectivity index (χ3n) is 6.12. The predicted molar refractivity (Wildman–Crippen MR) is 148 cm³/mol. The van der Waals surface area contributed by atoms with Crippen LogP contribution in [0, 0.1) is 0 Å². The van der Waals surface area contributed by atoms with Crippen molar-refractivity contribution in [1.29, 1.82) is 0 Å². The lowest BCUT2D eigenvalue weighted by molar-refractivity contribution is -0.142. The van der Waals surface area contributed by atoms with Gasteiger partial charge in [0.1, 0.15) is 5.02 Å². The second-order valence-electron chi connectivity index (χ2n) is 9.31. The Hall–Kier alpha value is -3.60. The molecule has 3 aromatic heterocycles. The van der Waals surface area contributed by atoms with Gasteiger partial charge in [0.15, 0.2) is 22.9 Å². The lowest BCUT2D eigenvalue weighted by atomic mass is 10.0. The molecule has 0 atom stereocenters. The van der Waals surface area contributed by atoms with Gasteiger partial charge in [-0.1, -0.05) is 79.0 Å². The van der Waals surface area contributed by atoms with Gasteiger partial charge in [-0.05, 0) is 35.2 Å². The molecule has 206 valence electrons. The number of rotatable bonds is 6. The maximum Gasteiger partial charge on any atom is 0.433 e. The highest BCUT2D eigenvalue weighted by molar-refractivity contribution is 6.35. The summed E-state index contributed by atoms with van der Waals surface area (Å²) in [6, 6.07) is 14.2. The molecule has 0 unspecified atom stereocenters. The van der Waals surface area contributed by atoms with Crippen molar-refractivity contribution >= 4 is 52.2 Å². The second-order valence-corrected chi connectivity index (χ2v) is 10.6. The van der Waals surface area contributed by atoms with Crippen LogP contribution >= 0.6 is 34.8 Å². The zero-order chi connectivity index (χ0) is 28.8. The topological polar surface area (TPSA) is 77.1 Å². The predicted octanol–water partition coefficient (Wildman–Crippen LogP) is 8.00. The molecule has 7 nitrogen and oxygen atoms in total. The summed E-state index contributed by atoms with van der Waals surface area (Å²) in [5.74, 6) is -0.539. The van der Waals surface area contributed by atoms with Gasteiger partial charge in [0.05, 0.1) is 12.2 Å². The maximum atomic E-state index is 14.0. The van der Waals surface area contributed by atoms with Crippen LogP contribution in [0.25, 0.3) is 16.9 Å². The number of nitrogens with one attached hydrogen (secondary N) is 1. The van der Waals surface area contributed by atoms with Crippen LogP contribution in [0.15, 0.2) is 60.8 Å². The fourth-order valence-corrected chi connectivity index (χ4v) is 4.70.